The van der Waals surface area contributed by atoms with Gasteiger partial charge in [-0.15, -0.1) is 0 Å². The molecule has 1 aliphatic carbocycles. The SMILES string of the molecule is COc1c2c(nc3occc13)[C@@](CC=C(C)C)(OC)C(=O)C=C2. The van der Waals surface area contributed by atoms with Crippen molar-refractivity contribution in [2.24, 2.45) is 0 Å². The molecule has 23 heavy (non-hydrogen) atoms. The Hall–Kier alpha value is -2.40. The van der Waals surface area contributed by atoms with Crippen LogP contribution in [0, 0.1) is 0 Å². The van der Waals surface area contributed by atoms with Crippen LogP contribution >= 0.6 is 0 Å². The Balaban J connectivity index is 2.31. The van der Waals surface area contributed by atoms with Crippen LogP contribution in [0.5, 0.6) is 5.75 Å². The van der Waals surface area contributed by atoms with Crippen molar-refractivity contribution in [2.45, 2.75) is 25.9 Å². The van der Waals surface area contributed by atoms with Crippen molar-refractivity contribution < 1.29 is 18.7 Å². The zero-order valence-corrected chi connectivity index (χ0v) is 13.7. The number of ether oxygens (including phenoxy) is 2. The van der Waals surface area contributed by atoms with Gasteiger partial charge in [0, 0.05) is 19.1 Å². The van der Waals surface area contributed by atoms with Gasteiger partial charge in [-0.1, -0.05) is 11.6 Å². The van der Waals surface area contributed by atoms with Crippen molar-refractivity contribution in [1.29, 1.82) is 0 Å². The fourth-order valence-corrected chi connectivity index (χ4v) is 2.89. The molecule has 0 aromatic carbocycles. The molecule has 0 aliphatic heterocycles. The Labute approximate surface area is 134 Å². The minimum Gasteiger partial charge on any atom is -0.495 e. The average Bonchev–Trinajstić information content (AvgIpc) is 3.00. The molecule has 0 N–H and O–H groups in total. The predicted octanol–water partition coefficient (Wildman–Crippen LogP) is 3.63. The highest BCUT2D eigenvalue weighted by Gasteiger charge is 2.44. The monoisotopic (exact) mass is 313 g/mol. The van der Waals surface area contributed by atoms with Gasteiger partial charge in [0.15, 0.2) is 11.4 Å². The molecule has 0 saturated heterocycles. The van der Waals surface area contributed by atoms with Gasteiger partial charge in [0.2, 0.25) is 5.71 Å². The number of methoxy groups -OCH3 is 2. The molecule has 0 fully saturated rings. The van der Waals surface area contributed by atoms with Crippen molar-refractivity contribution in [2.75, 3.05) is 14.2 Å². The number of carbonyl (C=O) groups is 1. The summed E-state index contributed by atoms with van der Waals surface area (Å²) >= 11 is 0. The van der Waals surface area contributed by atoms with Crippen molar-refractivity contribution in [3.63, 3.8) is 0 Å². The molecule has 1 aliphatic rings. The highest BCUT2D eigenvalue weighted by molar-refractivity contribution is 6.05. The van der Waals surface area contributed by atoms with Crippen LogP contribution in [0.25, 0.3) is 17.2 Å². The van der Waals surface area contributed by atoms with Crippen LogP contribution in [0.15, 0.2) is 34.5 Å². The zero-order valence-electron chi connectivity index (χ0n) is 13.7. The Morgan fingerprint density at radius 1 is 1.35 bits per heavy atom. The average molecular weight is 313 g/mol. The maximum absolute atomic E-state index is 12.6. The molecule has 0 saturated carbocycles. The second-order valence-electron chi connectivity index (χ2n) is 5.76. The number of ketones is 1. The van der Waals surface area contributed by atoms with Gasteiger partial charge in [-0.05, 0) is 32.1 Å². The molecular weight excluding hydrogens is 294 g/mol. The number of pyridine rings is 1. The smallest absolute Gasteiger partial charge is 0.229 e. The van der Waals surface area contributed by atoms with Crippen LogP contribution < -0.4 is 4.74 Å². The molecule has 0 unspecified atom stereocenters. The van der Waals surface area contributed by atoms with Crippen LogP contribution in [0.4, 0.5) is 0 Å². The lowest BCUT2D eigenvalue weighted by molar-refractivity contribution is -0.137. The maximum Gasteiger partial charge on any atom is 0.229 e. The predicted molar refractivity (Wildman–Crippen MR) is 87.3 cm³/mol. The molecule has 0 bridgehead atoms. The highest BCUT2D eigenvalue weighted by atomic mass is 16.5. The van der Waals surface area contributed by atoms with Gasteiger partial charge in [-0.25, -0.2) is 4.98 Å². The number of carbonyl (C=O) groups excluding carboxylic acids is 1. The zero-order chi connectivity index (χ0) is 16.6. The van der Waals surface area contributed by atoms with Gasteiger partial charge in [0.25, 0.3) is 0 Å². The Kier molecular flexibility index (Phi) is 3.82. The summed E-state index contributed by atoms with van der Waals surface area (Å²) in [7, 11) is 3.12. The number of allylic oxidation sites excluding steroid dienone is 1. The highest BCUT2D eigenvalue weighted by Crippen LogP contribution is 2.43. The number of hydrogen-bond donors (Lipinski definition) is 0. The van der Waals surface area contributed by atoms with Crippen LogP contribution in [-0.4, -0.2) is 25.0 Å². The summed E-state index contributed by atoms with van der Waals surface area (Å²) in [5.74, 6) is 0.506. The van der Waals surface area contributed by atoms with Gasteiger partial charge in [0.05, 0.1) is 24.5 Å². The fourth-order valence-electron chi connectivity index (χ4n) is 2.89. The number of furan rings is 1. The summed E-state index contributed by atoms with van der Waals surface area (Å²) < 4.78 is 16.7. The molecule has 5 nitrogen and oxygen atoms in total. The molecule has 2 aromatic rings. The third kappa shape index (κ3) is 2.28. The lowest BCUT2D eigenvalue weighted by atomic mass is 9.82. The minimum absolute atomic E-state index is 0.134. The molecule has 5 heteroatoms. The number of fused-ring (bicyclic) bond motifs is 2. The molecule has 2 aromatic heterocycles. The summed E-state index contributed by atoms with van der Waals surface area (Å²) in [4.78, 5) is 17.2. The largest absolute Gasteiger partial charge is 0.495 e. The molecule has 0 amide bonds. The summed E-state index contributed by atoms with van der Waals surface area (Å²) in [5, 5.41) is 0.775. The number of nitrogens with zero attached hydrogens (tertiary/aromatic N) is 1. The van der Waals surface area contributed by atoms with E-state index in [-0.39, 0.29) is 5.78 Å². The van der Waals surface area contributed by atoms with Gasteiger partial charge in [0.1, 0.15) is 5.75 Å². The second-order valence-corrected chi connectivity index (χ2v) is 5.76. The molecule has 120 valence electrons. The summed E-state index contributed by atoms with van der Waals surface area (Å²) in [6.45, 7) is 3.97. The third-order valence-corrected chi connectivity index (χ3v) is 4.13. The van der Waals surface area contributed by atoms with E-state index in [0.717, 1.165) is 16.5 Å². The van der Waals surface area contributed by atoms with E-state index >= 15 is 0 Å². The quantitative estimate of drug-likeness (QED) is 0.807. The Bertz CT molecular complexity index is 827. The first-order valence-corrected chi connectivity index (χ1v) is 7.40. The van der Waals surface area contributed by atoms with Gasteiger partial charge in [-0.3, -0.25) is 4.79 Å². The normalized spacial score (nSPS) is 19.7. The summed E-state index contributed by atoms with van der Waals surface area (Å²) in [6.07, 6.45) is 7.20. The van der Waals surface area contributed by atoms with Crippen molar-refractivity contribution in [3.05, 3.63) is 41.3 Å². The van der Waals surface area contributed by atoms with Crippen molar-refractivity contribution in [1.82, 2.24) is 4.98 Å². The van der Waals surface area contributed by atoms with E-state index in [0.29, 0.717) is 23.6 Å². The van der Waals surface area contributed by atoms with E-state index in [1.165, 1.54) is 13.2 Å². The molecule has 1 atom stereocenters. The van der Waals surface area contributed by atoms with E-state index in [4.69, 9.17) is 13.9 Å². The molecule has 3 rings (SSSR count). The van der Waals surface area contributed by atoms with E-state index in [1.807, 2.05) is 19.9 Å². The van der Waals surface area contributed by atoms with Gasteiger partial charge in [-0.2, -0.15) is 0 Å². The van der Waals surface area contributed by atoms with Crippen LogP contribution in [0.1, 0.15) is 31.5 Å². The lowest BCUT2D eigenvalue weighted by Gasteiger charge is -2.32. The van der Waals surface area contributed by atoms with Crippen LogP contribution in [-0.2, 0) is 15.1 Å². The number of rotatable bonds is 4. The summed E-state index contributed by atoms with van der Waals surface area (Å²) in [6, 6.07) is 1.80. The molecular formula is C18H19NO4. The van der Waals surface area contributed by atoms with Crippen LogP contribution in [0.2, 0.25) is 0 Å². The summed E-state index contributed by atoms with van der Waals surface area (Å²) in [5.41, 5.74) is 1.67. The van der Waals surface area contributed by atoms with E-state index in [1.54, 1.807) is 25.5 Å². The number of hydrogen-bond acceptors (Lipinski definition) is 5. The maximum atomic E-state index is 12.6. The molecule has 2 heterocycles. The van der Waals surface area contributed by atoms with E-state index in [9.17, 15) is 4.79 Å². The first-order valence-electron chi connectivity index (χ1n) is 7.40. The Morgan fingerprint density at radius 2 is 2.13 bits per heavy atom. The van der Waals surface area contributed by atoms with Crippen molar-refractivity contribution in [3.8, 4) is 5.75 Å². The van der Waals surface area contributed by atoms with E-state index < -0.39 is 5.60 Å². The topological polar surface area (TPSA) is 61.6 Å². The minimum atomic E-state index is -1.16. The standard InChI is InChI=1S/C18H19NO4/c1-11(2)7-9-18(22-4)14(20)6-5-12-15(21-3)13-8-10-23-17(13)19-16(12)18/h5-8,10H,9H2,1-4H3/t18-/m0/s1. The molecule has 0 radical (unpaired) electrons. The first-order chi connectivity index (χ1) is 11.0. The lowest BCUT2D eigenvalue weighted by Crippen LogP contribution is -2.40. The fraction of sp³-hybridized carbons (Fsp3) is 0.333. The van der Waals surface area contributed by atoms with E-state index in [2.05, 4.69) is 4.98 Å². The van der Waals surface area contributed by atoms with Gasteiger partial charge < -0.3 is 13.9 Å². The van der Waals surface area contributed by atoms with Crippen LogP contribution in [0.3, 0.4) is 0 Å². The third-order valence-electron chi connectivity index (χ3n) is 4.13. The Morgan fingerprint density at radius 3 is 2.78 bits per heavy atom. The second kappa shape index (κ2) is 5.66. The number of aromatic nitrogens is 1. The molecule has 0 spiro atoms. The first kappa shape index (κ1) is 15.5. The van der Waals surface area contributed by atoms with Gasteiger partial charge >= 0.3 is 0 Å². The van der Waals surface area contributed by atoms with Crippen molar-refractivity contribution >= 4 is 23.0 Å².